The molecule has 0 amide bonds. The van der Waals surface area contributed by atoms with Gasteiger partial charge >= 0.3 is 0 Å². The van der Waals surface area contributed by atoms with Crippen molar-refractivity contribution in [3.05, 3.63) is 29.8 Å². The fourth-order valence-corrected chi connectivity index (χ4v) is 4.20. The summed E-state index contributed by atoms with van der Waals surface area (Å²) < 4.78 is 36.0. The maximum atomic E-state index is 13.1. The van der Waals surface area contributed by atoms with Gasteiger partial charge in [0, 0.05) is 12.2 Å². The van der Waals surface area contributed by atoms with E-state index < -0.39 is 15.7 Å². The molecule has 17 heavy (non-hydrogen) atoms. The van der Waals surface area contributed by atoms with E-state index in [9.17, 15) is 12.8 Å². The van der Waals surface area contributed by atoms with Crippen LogP contribution in [0, 0.1) is 11.7 Å². The van der Waals surface area contributed by atoms with Crippen molar-refractivity contribution in [2.45, 2.75) is 12.5 Å². The number of rotatable bonds is 3. The highest BCUT2D eigenvalue weighted by atomic mass is 32.2. The zero-order valence-corrected chi connectivity index (χ0v) is 10.4. The Kier molecular flexibility index (Phi) is 3.44. The number of hydrogen-bond acceptors (Lipinski definition) is 4. The Bertz CT molecular complexity index is 504. The highest BCUT2D eigenvalue weighted by Crippen LogP contribution is 2.30. The third-order valence-electron chi connectivity index (χ3n) is 3.14. The summed E-state index contributed by atoms with van der Waals surface area (Å²) in [6.45, 7) is 0. The van der Waals surface area contributed by atoms with Gasteiger partial charge in [-0.25, -0.2) is 12.8 Å². The molecule has 2 heterocycles. The summed E-state index contributed by atoms with van der Waals surface area (Å²) in [5, 5.41) is 3.05. The van der Waals surface area contributed by atoms with Crippen molar-refractivity contribution in [2.75, 3.05) is 18.6 Å². The summed E-state index contributed by atoms with van der Waals surface area (Å²) in [7, 11) is -1.17. The molecule has 1 aromatic rings. The Morgan fingerprint density at radius 1 is 1.53 bits per heavy atom. The minimum atomic E-state index is -2.92. The van der Waals surface area contributed by atoms with Crippen LogP contribution in [0.5, 0.6) is 0 Å². The zero-order valence-electron chi connectivity index (χ0n) is 9.56. The van der Waals surface area contributed by atoms with E-state index in [0.717, 1.165) is 6.20 Å². The summed E-state index contributed by atoms with van der Waals surface area (Å²) in [5.41, 5.74) is 0.703. The first kappa shape index (κ1) is 12.4. The minimum Gasteiger partial charge on any atom is -0.313 e. The number of pyridine rings is 1. The van der Waals surface area contributed by atoms with Crippen LogP contribution in [0.3, 0.4) is 0 Å². The summed E-state index contributed by atoms with van der Waals surface area (Å²) in [6.07, 6.45) is 3.33. The van der Waals surface area contributed by atoms with Gasteiger partial charge < -0.3 is 5.32 Å². The standard InChI is InChI=1S/C11H15FN2O2S/c1-13-11(8-2-3-17(15,16)7-8)9-4-10(12)6-14-5-9/h4-6,8,11,13H,2-3,7H2,1H3. The van der Waals surface area contributed by atoms with E-state index in [-0.39, 0.29) is 23.5 Å². The van der Waals surface area contributed by atoms with Gasteiger partial charge in [0.15, 0.2) is 9.84 Å². The number of nitrogens with zero attached hydrogens (tertiary/aromatic N) is 1. The van der Waals surface area contributed by atoms with E-state index in [1.165, 1.54) is 6.07 Å². The van der Waals surface area contributed by atoms with Crippen molar-refractivity contribution in [3.63, 3.8) is 0 Å². The third kappa shape index (κ3) is 2.81. The number of hydrogen-bond donors (Lipinski definition) is 1. The quantitative estimate of drug-likeness (QED) is 0.875. The van der Waals surface area contributed by atoms with Gasteiger partial charge in [0.25, 0.3) is 0 Å². The van der Waals surface area contributed by atoms with E-state index in [0.29, 0.717) is 12.0 Å². The lowest BCUT2D eigenvalue weighted by molar-refractivity contribution is 0.415. The monoisotopic (exact) mass is 258 g/mol. The molecule has 0 aromatic carbocycles. The van der Waals surface area contributed by atoms with Gasteiger partial charge in [-0.1, -0.05) is 0 Å². The first-order chi connectivity index (χ1) is 8.02. The molecular formula is C11H15FN2O2S. The SMILES string of the molecule is CNC(c1cncc(F)c1)C1CCS(=O)(=O)C1. The van der Waals surface area contributed by atoms with Crippen molar-refractivity contribution in [3.8, 4) is 0 Å². The topological polar surface area (TPSA) is 59.1 Å². The van der Waals surface area contributed by atoms with Crippen LogP contribution in [-0.4, -0.2) is 32.0 Å². The fraction of sp³-hybridized carbons (Fsp3) is 0.545. The summed E-state index contributed by atoms with van der Waals surface area (Å²) in [4.78, 5) is 3.80. The Balaban J connectivity index is 2.23. The zero-order chi connectivity index (χ0) is 12.5. The lowest BCUT2D eigenvalue weighted by Gasteiger charge is -2.22. The maximum absolute atomic E-state index is 13.1. The average Bonchev–Trinajstić information content (AvgIpc) is 2.60. The molecule has 94 valence electrons. The first-order valence-corrected chi connectivity index (χ1v) is 7.32. The lowest BCUT2D eigenvalue weighted by Crippen LogP contribution is -2.26. The molecule has 2 rings (SSSR count). The van der Waals surface area contributed by atoms with Gasteiger partial charge in [0.05, 0.1) is 17.7 Å². The molecule has 2 unspecified atom stereocenters. The molecule has 6 heteroatoms. The highest BCUT2D eigenvalue weighted by molar-refractivity contribution is 7.91. The number of sulfone groups is 1. The van der Waals surface area contributed by atoms with Crippen molar-refractivity contribution < 1.29 is 12.8 Å². The lowest BCUT2D eigenvalue weighted by atomic mass is 9.94. The molecule has 1 aliphatic heterocycles. The molecule has 0 bridgehead atoms. The largest absolute Gasteiger partial charge is 0.313 e. The Hall–Kier alpha value is -1.01. The van der Waals surface area contributed by atoms with Crippen molar-refractivity contribution in [2.24, 2.45) is 5.92 Å². The Morgan fingerprint density at radius 3 is 2.82 bits per heavy atom. The van der Waals surface area contributed by atoms with E-state index >= 15 is 0 Å². The number of nitrogens with one attached hydrogen (secondary N) is 1. The van der Waals surface area contributed by atoms with Gasteiger partial charge in [0.1, 0.15) is 5.82 Å². The molecule has 1 saturated heterocycles. The van der Waals surface area contributed by atoms with Crippen LogP contribution in [-0.2, 0) is 9.84 Å². The molecular weight excluding hydrogens is 243 g/mol. The molecule has 0 spiro atoms. The molecule has 0 radical (unpaired) electrons. The van der Waals surface area contributed by atoms with Crippen LogP contribution in [0.15, 0.2) is 18.5 Å². The van der Waals surface area contributed by atoms with E-state index in [1.807, 2.05) is 0 Å². The van der Waals surface area contributed by atoms with Gasteiger partial charge in [-0.3, -0.25) is 4.98 Å². The van der Waals surface area contributed by atoms with Crippen LogP contribution in [0.25, 0.3) is 0 Å². The smallest absolute Gasteiger partial charge is 0.150 e. The van der Waals surface area contributed by atoms with Crippen molar-refractivity contribution in [1.82, 2.24) is 10.3 Å². The second-order valence-corrected chi connectivity index (χ2v) is 6.59. The van der Waals surface area contributed by atoms with Crippen molar-refractivity contribution in [1.29, 1.82) is 0 Å². The third-order valence-corrected chi connectivity index (χ3v) is 4.93. The molecule has 1 aromatic heterocycles. The van der Waals surface area contributed by atoms with Crippen LogP contribution < -0.4 is 5.32 Å². The summed E-state index contributed by atoms with van der Waals surface area (Å²) in [6, 6.07) is 1.24. The molecule has 1 N–H and O–H groups in total. The number of halogens is 1. The van der Waals surface area contributed by atoms with Gasteiger partial charge in [-0.2, -0.15) is 0 Å². The fourth-order valence-electron chi connectivity index (χ4n) is 2.36. The normalized spacial score (nSPS) is 24.7. The van der Waals surface area contributed by atoms with E-state index in [4.69, 9.17) is 0 Å². The van der Waals surface area contributed by atoms with E-state index in [2.05, 4.69) is 10.3 Å². The van der Waals surface area contributed by atoms with Gasteiger partial charge in [-0.15, -0.1) is 0 Å². The summed E-state index contributed by atoms with van der Waals surface area (Å²) in [5.74, 6) is -0.0228. The molecule has 2 atom stereocenters. The van der Waals surface area contributed by atoms with Crippen LogP contribution >= 0.6 is 0 Å². The average molecular weight is 258 g/mol. The molecule has 4 nitrogen and oxygen atoms in total. The van der Waals surface area contributed by atoms with Crippen LogP contribution in [0.2, 0.25) is 0 Å². The second-order valence-electron chi connectivity index (χ2n) is 4.37. The predicted molar refractivity (Wildman–Crippen MR) is 62.8 cm³/mol. The highest BCUT2D eigenvalue weighted by Gasteiger charge is 2.33. The molecule has 0 saturated carbocycles. The molecule has 0 aliphatic carbocycles. The molecule has 1 aliphatic rings. The van der Waals surface area contributed by atoms with Gasteiger partial charge in [-0.05, 0) is 31.0 Å². The van der Waals surface area contributed by atoms with Crippen molar-refractivity contribution >= 4 is 9.84 Å². The minimum absolute atomic E-state index is 0.00593. The Labute approximate surface area is 100 Å². The van der Waals surface area contributed by atoms with Gasteiger partial charge in [0.2, 0.25) is 0 Å². The first-order valence-electron chi connectivity index (χ1n) is 5.50. The van der Waals surface area contributed by atoms with Crippen LogP contribution in [0.1, 0.15) is 18.0 Å². The maximum Gasteiger partial charge on any atom is 0.150 e. The van der Waals surface area contributed by atoms with Crippen LogP contribution in [0.4, 0.5) is 4.39 Å². The van der Waals surface area contributed by atoms with E-state index in [1.54, 1.807) is 13.2 Å². The molecule has 1 fully saturated rings. The Morgan fingerprint density at radius 2 is 2.29 bits per heavy atom. The number of aromatic nitrogens is 1. The summed E-state index contributed by atoms with van der Waals surface area (Å²) >= 11 is 0. The second kappa shape index (κ2) is 4.70. The predicted octanol–water partition coefficient (Wildman–Crippen LogP) is 0.916.